The van der Waals surface area contributed by atoms with Crippen molar-refractivity contribution in [1.29, 1.82) is 0 Å². The van der Waals surface area contributed by atoms with Gasteiger partial charge in [-0.1, -0.05) is 13.8 Å². The number of hydrogen-bond acceptors (Lipinski definition) is 4. The van der Waals surface area contributed by atoms with Gasteiger partial charge < -0.3 is 15.3 Å². The van der Waals surface area contributed by atoms with Crippen molar-refractivity contribution in [2.75, 3.05) is 31.6 Å². The van der Waals surface area contributed by atoms with Crippen molar-refractivity contribution in [1.82, 2.24) is 10.2 Å². The second kappa shape index (κ2) is 5.99. The van der Waals surface area contributed by atoms with Crippen molar-refractivity contribution in [2.24, 2.45) is 11.3 Å². The topological polar surface area (TPSA) is 104 Å². The minimum atomic E-state index is -3.12. The van der Waals surface area contributed by atoms with Crippen LogP contribution in [0.5, 0.6) is 0 Å². The summed E-state index contributed by atoms with van der Waals surface area (Å²) in [4.78, 5) is 24.8. The predicted octanol–water partition coefficient (Wildman–Crippen LogP) is 0.173. The molecule has 0 bridgehead atoms. The second-order valence-electron chi connectivity index (χ2n) is 5.65. The van der Waals surface area contributed by atoms with E-state index in [4.69, 9.17) is 0 Å². The molecule has 0 aromatic heterocycles. The summed E-state index contributed by atoms with van der Waals surface area (Å²) in [6.07, 6.45) is 1.52. The van der Waals surface area contributed by atoms with E-state index in [1.54, 1.807) is 0 Å². The number of carboxylic acids is 1. The van der Waals surface area contributed by atoms with Crippen molar-refractivity contribution < 1.29 is 23.1 Å². The van der Waals surface area contributed by atoms with Gasteiger partial charge in [0.15, 0.2) is 0 Å². The van der Waals surface area contributed by atoms with Gasteiger partial charge in [0, 0.05) is 25.9 Å². The van der Waals surface area contributed by atoms with E-state index in [2.05, 4.69) is 5.32 Å². The molecule has 0 radical (unpaired) electrons. The fourth-order valence-corrected chi connectivity index (χ4v) is 2.83. The zero-order chi connectivity index (χ0) is 15.6. The molecule has 0 aliphatic carbocycles. The number of likely N-dealkylation sites (tertiary alicyclic amines) is 1. The third-order valence-electron chi connectivity index (χ3n) is 3.87. The number of carbonyl (C=O) groups is 2. The van der Waals surface area contributed by atoms with E-state index in [0.29, 0.717) is 13.0 Å². The van der Waals surface area contributed by atoms with Gasteiger partial charge in [-0.15, -0.1) is 0 Å². The molecule has 2 amide bonds. The van der Waals surface area contributed by atoms with Gasteiger partial charge >= 0.3 is 12.0 Å². The minimum absolute atomic E-state index is 0.0376. The van der Waals surface area contributed by atoms with Crippen LogP contribution in [0.4, 0.5) is 4.79 Å². The van der Waals surface area contributed by atoms with Crippen LogP contribution in [0.2, 0.25) is 0 Å². The Morgan fingerprint density at radius 2 is 2.00 bits per heavy atom. The number of nitrogens with zero attached hydrogens (tertiary/aromatic N) is 1. The maximum Gasteiger partial charge on any atom is 0.317 e. The Balaban J connectivity index is 2.59. The maximum absolute atomic E-state index is 11.9. The van der Waals surface area contributed by atoms with Gasteiger partial charge in [0.1, 0.15) is 9.84 Å². The number of nitrogens with one attached hydrogen (secondary N) is 1. The standard InChI is InChI=1S/C12H22N2O5S/c1-9(2)12(10(15)16)4-6-14(8-12)11(17)13-5-7-20(3,18)19/h9H,4-8H2,1-3H3,(H,13,17)(H,15,16). The number of amides is 2. The number of carboxylic acid groups (broad SMARTS) is 1. The van der Waals surface area contributed by atoms with Crippen LogP contribution >= 0.6 is 0 Å². The number of sulfone groups is 1. The number of hydrogen-bond donors (Lipinski definition) is 2. The lowest BCUT2D eigenvalue weighted by Gasteiger charge is -2.28. The maximum atomic E-state index is 11.9. The normalized spacial score (nSPS) is 23.1. The minimum Gasteiger partial charge on any atom is -0.481 e. The molecule has 2 N–H and O–H groups in total. The van der Waals surface area contributed by atoms with E-state index in [-0.39, 0.29) is 24.8 Å². The highest BCUT2D eigenvalue weighted by molar-refractivity contribution is 7.90. The van der Waals surface area contributed by atoms with Gasteiger partial charge in [0.2, 0.25) is 0 Å². The molecule has 8 heteroatoms. The summed E-state index contributed by atoms with van der Waals surface area (Å²) in [7, 11) is -3.12. The van der Waals surface area contributed by atoms with E-state index in [1.807, 2.05) is 13.8 Å². The van der Waals surface area contributed by atoms with E-state index in [0.717, 1.165) is 6.26 Å². The Labute approximate surface area is 119 Å². The first kappa shape index (κ1) is 16.7. The van der Waals surface area contributed by atoms with Crippen LogP contribution in [0.3, 0.4) is 0 Å². The predicted molar refractivity (Wildman–Crippen MR) is 74.2 cm³/mol. The largest absolute Gasteiger partial charge is 0.481 e. The Bertz CT molecular complexity index is 488. The van der Waals surface area contributed by atoms with Crippen LogP contribution in [-0.2, 0) is 14.6 Å². The van der Waals surface area contributed by atoms with Crippen molar-refractivity contribution in [3.8, 4) is 0 Å². The van der Waals surface area contributed by atoms with Crippen LogP contribution in [-0.4, -0.2) is 62.1 Å². The number of urea groups is 1. The van der Waals surface area contributed by atoms with Gasteiger partial charge in [0.25, 0.3) is 0 Å². The van der Waals surface area contributed by atoms with E-state index < -0.39 is 27.3 Å². The van der Waals surface area contributed by atoms with Crippen molar-refractivity contribution in [2.45, 2.75) is 20.3 Å². The van der Waals surface area contributed by atoms with Crippen LogP contribution in [0, 0.1) is 11.3 Å². The SMILES string of the molecule is CC(C)C1(C(=O)O)CCN(C(=O)NCCS(C)(=O)=O)C1. The van der Waals surface area contributed by atoms with Crippen LogP contribution in [0.1, 0.15) is 20.3 Å². The number of aliphatic carboxylic acids is 1. The lowest BCUT2D eigenvalue weighted by Crippen LogP contribution is -2.44. The van der Waals surface area contributed by atoms with Gasteiger partial charge in [0.05, 0.1) is 11.2 Å². The Kier molecular flexibility index (Phi) is 5.01. The van der Waals surface area contributed by atoms with Crippen molar-refractivity contribution in [3.05, 3.63) is 0 Å². The molecule has 116 valence electrons. The quantitative estimate of drug-likeness (QED) is 0.753. The molecule has 1 saturated heterocycles. The van der Waals surface area contributed by atoms with Crippen LogP contribution in [0.25, 0.3) is 0 Å². The highest BCUT2D eigenvalue weighted by Gasteiger charge is 2.48. The number of rotatable bonds is 5. The molecule has 1 fully saturated rings. The van der Waals surface area contributed by atoms with E-state index in [9.17, 15) is 23.1 Å². The molecule has 1 aliphatic heterocycles. The molecule has 1 atom stereocenters. The van der Waals surface area contributed by atoms with Gasteiger partial charge in [-0.3, -0.25) is 4.79 Å². The molecule has 20 heavy (non-hydrogen) atoms. The molecular formula is C12H22N2O5S. The fourth-order valence-electron chi connectivity index (χ4n) is 2.35. The molecule has 1 unspecified atom stereocenters. The zero-order valence-corrected chi connectivity index (χ0v) is 12.9. The first-order valence-electron chi connectivity index (χ1n) is 6.52. The summed E-state index contributed by atoms with van der Waals surface area (Å²) >= 11 is 0. The molecule has 0 spiro atoms. The third kappa shape index (κ3) is 3.84. The first-order valence-corrected chi connectivity index (χ1v) is 8.58. The summed E-state index contributed by atoms with van der Waals surface area (Å²) in [6, 6.07) is -0.405. The Hall–Kier alpha value is -1.31. The molecule has 7 nitrogen and oxygen atoms in total. The van der Waals surface area contributed by atoms with E-state index >= 15 is 0 Å². The first-order chi connectivity index (χ1) is 9.08. The number of carbonyl (C=O) groups excluding carboxylic acids is 1. The van der Waals surface area contributed by atoms with Crippen molar-refractivity contribution in [3.63, 3.8) is 0 Å². The fraction of sp³-hybridized carbons (Fsp3) is 0.833. The average Bonchev–Trinajstić information content (AvgIpc) is 2.73. The second-order valence-corrected chi connectivity index (χ2v) is 7.91. The average molecular weight is 306 g/mol. The summed E-state index contributed by atoms with van der Waals surface area (Å²) < 4.78 is 21.9. The molecule has 0 aromatic rings. The summed E-state index contributed by atoms with van der Waals surface area (Å²) in [5.74, 6) is -1.09. The summed E-state index contributed by atoms with van der Waals surface area (Å²) in [5.41, 5.74) is -0.909. The van der Waals surface area contributed by atoms with Crippen LogP contribution in [0.15, 0.2) is 0 Å². The molecule has 1 rings (SSSR count). The molecule has 1 heterocycles. The molecular weight excluding hydrogens is 284 g/mol. The Morgan fingerprint density at radius 3 is 2.40 bits per heavy atom. The van der Waals surface area contributed by atoms with Crippen molar-refractivity contribution >= 4 is 21.8 Å². The molecule has 0 saturated carbocycles. The highest BCUT2D eigenvalue weighted by Crippen LogP contribution is 2.38. The Morgan fingerprint density at radius 1 is 1.40 bits per heavy atom. The highest BCUT2D eigenvalue weighted by atomic mass is 32.2. The zero-order valence-electron chi connectivity index (χ0n) is 12.0. The third-order valence-corrected chi connectivity index (χ3v) is 4.81. The lowest BCUT2D eigenvalue weighted by molar-refractivity contribution is -0.150. The lowest BCUT2D eigenvalue weighted by atomic mass is 9.76. The molecule has 1 aliphatic rings. The molecule has 0 aromatic carbocycles. The monoisotopic (exact) mass is 306 g/mol. The van der Waals surface area contributed by atoms with Gasteiger partial charge in [-0.2, -0.15) is 0 Å². The summed E-state index contributed by atoms with van der Waals surface area (Å²) in [6.45, 7) is 4.23. The summed E-state index contributed by atoms with van der Waals surface area (Å²) in [5, 5.41) is 11.9. The smallest absolute Gasteiger partial charge is 0.317 e. The van der Waals surface area contributed by atoms with E-state index in [1.165, 1.54) is 4.90 Å². The van der Waals surface area contributed by atoms with Crippen LogP contribution < -0.4 is 5.32 Å². The van der Waals surface area contributed by atoms with Gasteiger partial charge in [-0.25, -0.2) is 13.2 Å². The van der Waals surface area contributed by atoms with Gasteiger partial charge in [-0.05, 0) is 12.3 Å².